The Hall–Kier alpha value is -4.19. The molecule has 0 bridgehead atoms. The molecule has 38 heavy (non-hydrogen) atoms. The lowest BCUT2D eigenvalue weighted by atomic mass is 10.0. The standard InChI is InChI=1S/C26H25F3N8O/c27-16-1-6-21(29)20(11-16)22-12-17(28)14-36(22)24-15-37-23(13-31-24)33-34-25(37)26(38)32-18-2-4-19(5-3-18)35-9-7-30-8-10-35/h1-6,11,13,15,17,22,30H,7-10,12,14H2,(H,32,38)/t17-,22+/m0/s1. The van der Waals surface area contributed by atoms with E-state index in [4.69, 9.17) is 0 Å². The van der Waals surface area contributed by atoms with Gasteiger partial charge < -0.3 is 20.4 Å². The number of rotatable bonds is 5. The van der Waals surface area contributed by atoms with Crippen molar-refractivity contribution in [3.05, 3.63) is 77.9 Å². The molecular formula is C26H25F3N8O. The molecule has 2 aliphatic heterocycles. The number of fused-ring (bicyclic) bond motifs is 1. The molecule has 2 aliphatic rings. The van der Waals surface area contributed by atoms with Crippen molar-refractivity contribution < 1.29 is 18.0 Å². The number of piperazine rings is 1. The summed E-state index contributed by atoms with van der Waals surface area (Å²) < 4.78 is 44.3. The number of anilines is 3. The van der Waals surface area contributed by atoms with Crippen LogP contribution in [0.25, 0.3) is 5.65 Å². The van der Waals surface area contributed by atoms with E-state index < -0.39 is 29.8 Å². The lowest BCUT2D eigenvalue weighted by Gasteiger charge is -2.29. The first-order chi connectivity index (χ1) is 18.5. The highest BCUT2D eigenvalue weighted by atomic mass is 19.1. The van der Waals surface area contributed by atoms with Crippen LogP contribution in [0.15, 0.2) is 54.9 Å². The molecule has 0 unspecified atom stereocenters. The van der Waals surface area contributed by atoms with Crippen molar-refractivity contribution in [1.82, 2.24) is 24.9 Å². The van der Waals surface area contributed by atoms with Gasteiger partial charge in [-0.1, -0.05) is 0 Å². The van der Waals surface area contributed by atoms with Gasteiger partial charge in [0.15, 0.2) is 5.65 Å². The van der Waals surface area contributed by atoms with E-state index in [2.05, 4.69) is 30.7 Å². The molecule has 0 radical (unpaired) electrons. The Morgan fingerprint density at radius 1 is 1.05 bits per heavy atom. The Morgan fingerprint density at radius 3 is 2.63 bits per heavy atom. The summed E-state index contributed by atoms with van der Waals surface area (Å²) in [7, 11) is 0. The summed E-state index contributed by atoms with van der Waals surface area (Å²) in [6.07, 6.45) is 1.65. The predicted octanol–water partition coefficient (Wildman–Crippen LogP) is 3.35. The number of hydrogen-bond acceptors (Lipinski definition) is 7. The molecule has 2 fully saturated rings. The quantitative estimate of drug-likeness (QED) is 0.416. The zero-order valence-electron chi connectivity index (χ0n) is 20.3. The van der Waals surface area contributed by atoms with E-state index in [1.54, 1.807) is 4.90 Å². The van der Waals surface area contributed by atoms with Crippen LogP contribution in [0.1, 0.15) is 28.6 Å². The summed E-state index contributed by atoms with van der Waals surface area (Å²) >= 11 is 0. The zero-order chi connectivity index (χ0) is 26.2. The molecule has 12 heteroatoms. The fourth-order valence-electron chi connectivity index (χ4n) is 5.06. The lowest BCUT2D eigenvalue weighted by molar-refractivity contribution is 0.101. The Balaban J connectivity index is 1.25. The summed E-state index contributed by atoms with van der Waals surface area (Å²) in [5.41, 5.74) is 2.05. The third kappa shape index (κ3) is 4.62. The maximum Gasteiger partial charge on any atom is 0.293 e. The number of halogens is 3. The normalized spacial score (nSPS) is 19.8. The van der Waals surface area contributed by atoms with Crippen molar-refractivity contribution in [1.29, 1.82) is 0 Å². The number of nitrogens with zero attached hydrogens (tertiary/aromatic N) is 6. The van der Waals surface area contributed by atoms with Crippen LogP contribution in [0.4, 0.5) is 30.4 Å². The first kappa shape index (κ1) is 24.2. The molecule has 0 spiro atoms. The first-order valence-electron chi connectivity index (χ1n) is 12.4. The average molecular weight is 523 g/mol. The van der Waals surface area contributed by atoms with Crippen molar-refractivity contribution in [2.45, 2.75) is 18.6 Å². The molecule has 1 amide bonds. The monoisotopic (exact) mass is 522 g/mol. The fourth-order valence-corrected chi connectivity index (χ4v) is 5.06. The van der Waals surface area contributed by atoms with Crippen LogP contribution >= 0.6 is 0 Å². The highest BCUT2D eigenvalue weighted by Crippen LogP contribution is 2.38. The van der Waals surface area contributed by atoms with Crippen molar-refractivity contribution in [3.8, 4) is 0 Å². The average Bonchev–Trinajstić information content (AvgIpc) is 3.54. The SMILES string of the molecule is O=C(Nc1ccc(N2CCNCC2)cc1)c1nnc2cnc(N3C[C@@H](F)C[C@@H]3c3cc(F)ccc3F)cn12. The predicted molar refractivity (Wildman–Crippen MR) is 136 cm³/mol. The fraction of sp³-hybridized carbons (Fsp3) is 0.308. The van der Waals surface area contributed by atoms with Crippen LogP contribution < -0.4 is 20.4 Å². The highest BCUT2D eigenvalue weighted by Gasteiger charge is 2.36. The molecule has 2 atom stereocenters. The van der Waals surface area contributed by atoms with E-state index in [0.29, 0.717) is 17.2 Å². The molecule has 4 heterocycles. The van der Waals surface area contributed by atoms with E-state index in [9.17, 15) is 18.0 Å². The summed E-state index contributed by atoms with van der Waals surface area (Å²) in [4.78, 5) is 21.3. The van der Waals surface area contributed by atoms with Crippen LogP contribution in [0.3, 0.4) is 0 Å². The first-order valence-corrected chi connectivity index (χ1v) is 12.4. The van der Waals surface area contributed by atoms with Crippen molar-refractivity contribution in [2.24, 2.45) is 0 Å². The summed E-state index contributed by atoms with van der Waals surface area (Å²) in [5.74, 6) is -1.41. The lowest BCUT2D eigenvalue weighted by Crippen LogP contribution is -2.43. The third-order valence-corrected chi connectivity index (χ3v) is 6.95. The number of aromatic nitrogens is 4. The minimum absolute atomic E-state index is 0.0133. The Labute approximate surface area is 216 Å². The van der Waals surface area contributed by atoms with Gasteiger partial charge in [-0.05, 0) is 42.5 Å². The molecule has 2 saturated heterocycles. The van der Waals surface area contributed by atoms with E-state index in [1.807, 2.05) is 24.3 Å². The topological polar surface area (TPSA) is 90.7 Å². The van der Waals surface area contributed by atoms with Gasteiger partial charge in [-0.2, -0.15) is 0 Å². The third-order valence-electron chi connectivity index (χ3n) is 6.95. The summed E-state index contributed by atoms with van der Waals surface area (Å²) in [6, 6.07) is 9.95. The largest absolute Gasteiger partial charge is 0.369 e. The second-order valence-electron chi connectivity index (χ2n) is 9.40. The highest BCUT2D eigenvalue weighted by molar-refractivity contribution is 6.02. The van der Waals surface area contributed by atoms with Gasteiger partial charge in [0.1, 0.15) is 23.6 Å². The Kier molecular flexibility index (Phi) is 6.32. The van der Waals surface area contributed by atoms with E-state index in [-0.39, 0.29) is 24.4 Å². The van der Waals surface area contributed by atoms with Gasteiger partial charge in [0.05, 0.1) is 25.0 Å². The second kappa shape index (κ2) is 9.93. The number of hydrogen-bond donors (Lipinski definition) is 2. The van der Waals surface area contributed by atoms with Crippen LogP contribution in [-0.2, 0) is 0 Å². The second-order valence-corrected chi connectivity index (χ2v) is 9.40. The smallest absolute Gasteiger partial charge is 0.293 e. The molecule has 196 valence electrons. The number of nitrogens with one attached hydrogen (secondary N) is 2. The van der Waals surface area contributed by atoms with E-state index in [1.165, 1.54) is 16.8 Å². The summed E-state index contributed by atoms with van der Waals surface area (Å²) in [6.45, 7) is 3.64. The number of benzene rings is 2. The number of alkyl halides is 1. The van der Waals surface area contributed by atoms with Gasteiger partial charge in [0.25, 0.3) is 5.91 Å². The van der Waals surface area contributed by atoms with Gasteiger partial charge in [-0.25, -0.2) is 18.2 Å². The number of amides is 1. The van der Waals surface area contributed by atoms with Crippen LogP contribution in [0.2, 0.25) is 0 Å². The maximum atomic E-state index is 14.5. The van der Waals surface area contributed by atoms with Crippen molar-refractivity contribution in [3.63, 3.8) is 0 Å². The molecule has 6 rings (SSSR count). The zero-order valence-corrected chi connectivity index (χ0v) is 20.3. The van der Waals surface area contributed by atoms with Crippen molar-refractivity contribution in [2.75, 3.05) is 47.8 Å². The molecule has 2 N–H and O–H groups in total. The molecule has 0 saturated carbocycles. The molecule has 2 aromatic heterocycles. The van der Waals surface area contributed by atoms with Crippen LogP contribution in [-0.4, -0.2) is 64.4 Å². The van der Waals surface area contributed by atoms with E-state index in [0.717, 1.165) is 50.1 Å². The summed E-state index contributed by atoms with van der Waals surface area (Å²) in [5, 5.41) is 14.2. The van der Waals surface area contributed by atoms with Gasteiger partial charge in [-0.15, -0.1) is 10.2 Å². The molecule has 9 nitrogen and oxygen atoms in total. The van der Waals surface area contributed by atoms with Gasteiger partial charge in [0, 0.05) is 49.5 Å². The van der Waals surface area contributed by atoms with Crippen molar-refractivity contribution >= 4 is 28.7 Å². The number of carbonyl (C=O) groups is 1. The Morgan fingerprint density at radius 2 is 1.84 bits per heavy atom. The van der Waals surface area contributed by atoms with Gasteiger partial charge >= 0.3 is 0 Å². The molecule has 0 aliphatic carbocycles. The van der Waals surface area contributed by atoms with Gasteiger partial charge in [0.2, 0.25) is 5.82 Å². The minimum atomic E-state index is -1.26. The number of carbonyl (C=O) groups excluding carboxylic acids is 1. The molecular weight excluding hydrogens is 497 g/mol. The van der Waals surface area contributed by atoms with Crippen LogP contribution in [0, 0.1) is 11.6 Å². The minimum Gasteiger partial charge on any atom is -0.369 e. The maximum absolute atomic E-state index is 14.5. The van der Waals surface area contributed by atoms with Crippen LogP contribution in [0.5, 0.6) is 0 Å². The molecule has 4 aromatic rings. The van der Waals surface area contributed by atoms with E-state index >= 15 is 0 Å². The molecule has 2 aromatic carbocycles. The van der Waals surface area contributed by atoms with Gasteiger partial charge in [-0.3, -0.25) is 9.20 Å². The Bertz CT molecular complexity index is 1470.